The minimum Gasteiger partial charge on any atom is -0.356 e. The number of nitrogens with one attached hydrogen (secondary N) is 1. The van der Waals surface area contributed by atoms with Gasteiger partial charge in [-0.15, -0.1) is 0 Å². The molecular formula is C21H29N3O3. The van der Waals surface area contributed by atoms with E-state index in [0.29, 0.717) is 39.0 Å². The molecule has 2 aliphatic heterocycles. The number of nitrogens with zero attached hydrogens (tertiary/aromatic N) is 2. The first kappa shape index (κ1) is 19.4. The third kappa shape index (κ3) is 5.31. The van der Waals surface area contributed by atoms with Crippen LogP contribution in [0.15, 0.2) is 24.3 Å². The van der Waals surface area contributed by atoms with Crippen molar-refractivity contribution in [3.8, 4) is 0 Å². The van der Waals surface area contributed by atoms with Gasteiger partial charge in [-0.05, 0) is 31.7 Å². The lowest BCUT2D eigenvalue weighted by atomic mass is 10.1. The van der Waals surface area contributed by atoms with Crippen LogP contribution in [0, 0.1) is 12.8 Å². The number of hydrogen-bond donors (Lipinski definition) is 1. The standard InChI is InChI=1S/C21H29N3O3/c1-16-5-7-17(8-6-16)9-13-24-15-18(14-20(24)26)21(27)22-10-3-12-23-11-2-4-19(23)25/h5-8,18H,2-4,9-15H2,1H3,(H,22,27). The average Bonchev–Trinajstić information content (AvgIpc) is 3.23. The van der Waals surface area contributed by atoms with E-state index in [-0.39, 0.29) is 23.6 Å². The van der Waals surface area contributed by atoms with Crippen LogP contribution < -0.4 is 5.32 Å². The van der Waals surface area contributed by atoms with Gasteiger partial charge in [-0.3, -0.25) is 14.4 Å². The molecule has 2 fully saturated rings. The molecule has 3 rings (SSSR count). The summed E-state index contributed by atoms with van der Waals surface area (Å²) in [6.45, 7) is 5.30. The molecule has 1 aromatic carbocycles. The molecule has 0 bridgehead atoms. The molecule has 27 heavy (non-hydrogen) atoms. The van der Waals surface area contributed by atoms with Crippen LogP contribution in [0.5, 0.6) is 0 Å². The largest absolute Gasteiger partial charge is 0.356 e. The molecule has 146 valence electrons. The summed E-state index contributed by atoms with van der Waals surface area (Å²) in [6.07, 6.45) is 3.45. The van der Waals surface area contributed by atoms with E-state index in [9.17, 15) is 14.4 Å². The summed E-state index contributed by atoms with van der Waals surface area (Å²) in [4.78, 5) is 39.8. The van der Waals surface area contributed by atoms with Crippen molar-refractivity contribution in [2.24, 2.45) is 5.92 Å². The maximum Gasteiger partial charge on any atom is 0.225 e. The lowest BCUT2D eigenvalue weighted by molar-refractivity contribution is -0.129. The molecule has 0 aliphatic carbocycles. The number of amides is 3. The van der Waals surface area contributed by atoms with Gasteiger partial charge in [-0.25, -0.2) is 0 Å². The van der Waals surface area contributed by atoms with Gasteiger partial charge < -0.3 is 15.1 Å². The number of rotatable bonds is 8. The molecule has 6 nitrogen and oxygen atoms in total. The van der Waals surface area contributed by atoms with Crippen LogP contribution in [0.25, 0.3) is 0 Å². The van der Waals surface area contributed by atoms with Crippen molar-refractivity contribution in [3.05, 3.63) is 35.4 Å². The summed E-state index contributed by atoms with van der Waals surface area (Å²) in [5.41, 5.74) is 2.43. The molecule has 2 saturated heterocycles. The van der Waals surface area contributed by atoms with Crippen LogP contribution in [0.2, 0.25) is 0 Å². The van der Waals surface area contributed by atoms with Gasteiger partial charge in [0.2, 0.25) is 17.7 Å². The van der Waals surface area contributed by atoms with Gasteiger partial charge in [0.1, 0.15) is 0 Å². The minimum atomic E-state index is -0.260. The van der Waals surface area contributed by atoms with Crippen molar-refractivity contribution in [1.29, 1.82) is 0 Å². The zero-order valence-electron chi connectivity index (χ0n) is 16.1. The summed E-state index contributed by atoms with van der Waals surface area (Å²) < 4.78 is 0. The zero-order chi connectivity index (χ0) is 19.2. The molecule has 6 heteroatoms. The average molecular weight is 371 g/mol. The Morgan fingerprint density at radius 3 is 2.59 bits per heavy atom. The number of hydrogen-bond acceptors (Lipinski definition) is 3. The number of carbonyl (C=O) groups is 3. The Labute approximate surface area is 160 Å². The highest BCUT2D eigenvalue weighted by Gasteiger charge is 2.33. The minimum absolute atomic E-state index is 0.0473. The van der Waals surface area contributed by atoms with Gasteiger partial charge in [0.25, 0.3) is 0 Å². The van der Waals surface area contributed by atoms with Gasteiger partial charge in [-0.2, -0.15) is 0 Å². The monoisotopic (exact) mass is 371 g/mol. The van der Waals surface area contributed by atoms with Crippen LogP contribution in [-0.4, -0.2) is 60.2 Å². The van der Waals surface area contributed by atoms with E-state index in [4.69, 9.17) is 0 Å². The molecule has 3 amide bonds. The predicted octanol–water partition coefficient (Wildman–Crippen LogP) is 1.51. The highest BCUT2D eigenvalue weighted by atomic mass is 16.2. The van der Waals surface area contributed by atoms with E-state index in [1.165, 1.54) is 11.1 Å². The number of likely N-dealkylation sites (tertiary alicyclic amines) is 2. The Bertz CT molecular complexity index is 686. The zero-order valence-corrected chi connectivity index (χ0v) is 16.1. The number of aryl methyl sites for hydroxylation is 1. The maximum atomic E-state index is 12.3. The van der Waals surface area contributed by atoms with Crippen molar-refractivity contribution in [2.75, 3.05) is 32.7 Å². The Morgan fingerprint density at radius 2 is 1.89 bits per heavy atom. The Kier molecular flexibility index (Phi) is 6.48. The van der Waals surface area contributed by atoms with E-state index in [1.807, 2.05) is 4.90 Å². The van der Waals surface area contributed by atoms with Crippen LogP contribution in [0.3, 0.4) is 0 Å². The molecule has 1 atom stereocenters. The van der Waals surface area contributed by atoms with E-state index in [2.05, 4.69) is 36.5 Å². The van der Waals surface area contributed by atoms with Gasteiger partial charge in [-0.1, -0.05) is 29.8 Å². The molecule has 0 saturated carbocycles. The third-order valence-electron chi connectivity index (χ3n) is 5.45. The highest BCUT2D eigenvalue weighted by Crippen LogP contribution is 2.18. The predicted molar refractivity (Wildman–Crippen MR) is 103 cm³/mol. The summed E-state index contributed by atoms with van der Waals surface area (Å²) in [7, 11) is 0. The summed E-state index contributed by atoms with van der Waals surface area (Å²) in [5, 5.41) is 2.93. The molecule has 1 unspecified atom stereocenters. The smallest absolute Gasteiger partial charge is 0.225 e. The summed E-state index contributed by atoms with van der Waals surface area (Å²) >= 11 is 0. The fraction of sp³-hybridized carbons (Fsp3) is 0.571. The van der Waals surface area contributed by atoms with E-state index < -0.39 is 0 Å². The topological polar surface area (TPSA) is 69.7 Å². The second kappa shape index (κ2) is 9.02. The lowest BCUT2D eigenvalue weighted by Crippen LogP contribution is -2.35. The molecule has 1 aromatic rings. The quantitative estimate of drug-likeness (QED) is 0.705. The van der Waals surface area contributed by atoms with Crippen LogP contribution in [0.1, 0.15) is 36.8 Å². The van der Waals surface area contributed by atoms with Crippen LogP contribution >= 0.6 is 0 Å². The van der Waals surface area contributed by atoms with Crippen LogP contribution in [0.4, 0.5) is 0 Å². The Hall–Kier alpha value is -2.37. The van der Waals surface area contributed by atoms with Crippen LogP contribution in [-0.2, 0) is 20.8 Å². The normalized spacial score (nSPS) is 19.8. The first-order valence-corrected chi connectivity index (χ1v) is 9.92. The Balaban J connectivity index is 1.36. The van der Waals surface area contributed by atoms with E-state index in [1.54, 1.807) is 4.90 Å². The first-order valence-electron chi connectivity index (χ1n) is 9.92. The van der Waals surface area contributed by atoms with Gasteiger partial charge >= 0.3 is 0 Å². The van der Waals surface area contributed by atoms with E-state index >= 15 is 0 Å². The number of benzene rings is 1. The molecular weight excluding hydrogens is 342 g/mol. The summed E-state index contributed by atoms with van der Waals surface area (Å²) in [5.74, 6) is -0.0327. The van der Waals surface area contributed by atoms with Crippen molar-refractivity contribution < 1.29 is 14.4 Å². The molecule has 0 aromatic heterocycles. The SMILES string of the molecule is Cc1ccc(CCN2CC(C(=O)NCCCN3CCCC3=O)CC2=O)cc1. The lowest BCUT2D eigenvalue weighted by Gasteiger charge is -2.17. The second-order valence-electron chi connectivity index (χ2n) is 7.61. The maximum absolute atomic E-state index is 12.3. The molecule has 0 spiro atoms. The van der Waals surface area contributed by atoms with Crippen molar-refractivity contribution in [2.45, 2.75) is 39.0 Å². The van der Waals surface area contributed by atoms with Crippen molar-refractivity contribution in [1.82, 2.24) is 15.1 Å². The molecule has 0 radical (unpaired) electrons. The van der Waals surface area contributed by atoms with Crippen molar-refractivity contribution in [3.63, 3.8) is 0 Å². The third-order valence-corrected chi connectivity index (χ3v) is 5.45. The first-order chi connectivity index (χ1) is 13.0. The summed E-state index contributed by atoms with van der Waals surface area (Å²) in [6, 6.07) is 8.33. The van der Waals surface area contributed by atoms with Gasteiger partial charge in [0.05, 0.1) is 5.92 Å². The molecule has 1 N–H and O–H groups in total. The van der Waals surface area contributed by atoms with Gasteiger partial charge in [0, 0.05) is 45.6 Å². The fourth-order valence-corrected chi connectivity index (χ4v) is 3.75. The van der Waals surface area contributed by atoms with E-state index in [0.717, 1.165) is 25.8 Å². The highest BCUT2D eigenvalue weighted by molar-refractivity contribution is 5.89. The second-order valence-corrected chi connectivity index (χ2v) is 7.61. The van der Waals surface area contributed by atoms with Crippen molar-refractivity contribution >= 4 is 17.7 Å². The fourth-order valence-electron chi connectivity index (χ4n) is 3.75. The number of carbonyl (C=O) groups excluding carboxylic acids is 3. The molecule has 2 heterocycles. The Morgan fingerprint density at radius 1 is 1.11 bits per heavy atom. The van der Waals surface area contributed by atoms with Gasteiger partial charge in [0.15, 0.2) is 0 Å². The molecule has 2 aliphatic rings.